The molecule has 71 heavy (non-hydrogen) atoms. The number of imide groups is 1. The van der Waals surface area contributed by atoms with E-state index in [0.717, 1.165) is 22.0 Å². The maximum absolute atomic E-state index is 13.8. The second kappa shape index (κ2) is 26.5. The van der Waals surface area contributed by atoms with Gasteiger partial charge in [-0.25, -0.2) is 4.79 Å². The number of carboxylic acids is 1. The van der Waals surface area contributed by atoms with Crippen molar-refractivity contribution in [2.45, 2.75) is 129 Å². The van der Waals surface area contributed by atoms with E-state index >= 15 is 0 Å². The standard InChI is InChI=1S/C47H68N6O18/c1-25(2)37(51-34(55)23-52-30(21-31(44(52)63)53-35(56)12-13-36(53)57)22-48-33(54)14-15-68-18-19-69-17-16-67-7)43(62)49-26(3)42(61)50-29-10-8-28(24-70-46(66)47(4,5)6)27(20-29)9-11-32-38(58)39(59)40(60)41(71-32)45(64)65/h8,10,12-13,20,25-26,30-32,37-41,58-60H,9,11,14-19,21-24H2,1-7H3,(H,48,54)(H,49,62)(H,50,61)(H,51,55)(H,64,65)/t26-,30-,31+,32-,37-,38-,39+,40-,41-/m0/s1. The lowest BCUT2D eigenvalue weighted by Gasteiger charge is -2.39. The summed E-state index contributed by atoms with van der Waals surface area (Å²) >= 11 is 0. The minimum atomic E-state index is -1.88. The minimum Gasteiger partial charge on any atom is -0.479 e. The van der Waals surface area contributed by atoms with Gasteiger partial charge in [0, 0.05) is 37.9 Å². The van der Waals surface area contributed by atoms with Crippen LogP contribution in [0.4, 0.5) is 5.69 Å². The summed E-state index contributed by atoms with van der Waals surface area (Å²) in [5.41, 5.74) is 0.377. The number of amides is 7. The molecular formula is C47H68N6O18. The first-order chi connectivity index (χ1) is 33.4. The number of esters is 1. The molecule has 0 unspecified atom stereocenters. The number of aliphatic hydroxyl groups excluding tert-OH is 3. The molecule has 0 radical (unpaired) electrons. The van der Waals surface area contributed by atoms with Crippen LogP contribution < -0.4 is 21.3 Å². The summed E-state index contributed by atoms with van der Waals surface area (Å²) in [6.07, 6.45) is -6.44. The Hall–Kier alpha value is -5.89. The molecular weight excluding hydrogens is 937 g/mol. The quantitative estimate of drug-likeness (QED) is 0.0292. The van der Waals surface area contributed by atoms with Crippen LogP contribution in [0.25, 0.3) is 0 Å². The van der Waals surface area contributed by atoms with Gasteiger partial charge in [0.25, 0.3) is 11.8 Å². The van der Waals surface area contributed by atoms with Crippen molar-refractivity contribution in [1.82, 2.24) is 25.8 Å². The maximum atomic E-state index is 13.8. The number of nitrogens with one attached hydrogen (secondary N) is 4. The molecule has 0 saturated carbocycles. The van der Waals surface area contributed by atoms with Gasteiger partial charge in [-0.1, -0.05) is 19.9 Å². The fraction of sp³-hybridized carbons (Fsp3) is 0.638. The third kappa shape index (κ3) is 16.3. The number of methoxy groups -OCH3 is 1. The number of aryl methyl sites for hydroxylation is 1. The van der Waals surface area contributed by atoms with Crippen LogP contribution in [0.3, 0.4) is 0 Å². The van der Waals surface area contributed by atoms with Crippen molar-refractivity contribution < 1.29 is 87.3 Å². The number of aliphatic carboxylic acids is 1. The fourth-order valence-corrected chi connectivity index (χ4v) is 7.80. The Morgan fingerprint density at radius 1 is 0.831 bits per heavy atom. The molecule has 0 bridgehead atoms. The molecule has 0 spiro atoms. The molecule has 24 heteroatoms. The number of carboxylic acid groups (broad SMARTS) is 1. The second-order valence-electron chi connectivity index (χ2n) is 18.8. The number of ether oxygens (including phenoxy) is 5. The van der Waals surface area contributed by atoms with E-state index in [0.29, 0.717) is 30.9 Å². The predicted octanol–water partition coefficient (Wildman–Crippen LogP) is -1.69. The molecule has 7 amide bonds. The third-order valence-corrected chi connectivity index (χ3v) is 11.9. The predicted molar refractivity (Wildman–Crippen MR) is 247 cm³/mol. The Bertz CT molecular complexity index is 2110. The second-order valence-corrected chi connectivity index (χ2v) is 18.8. The van der Waals surface area contributed by atoms with Crippen LogP contribution in [0.5, 0.6) is 0 Å². The SMILES string of the molecule is COCCOCCOCCC(=O)NC[C@@H]1C[C@@H](N2C(=O)C=CC2=O)C(=O)N1CC(=O)N[C@H](C(=O)N[C@@H](C)C(=O)Nc1ccc(COC(=O)C(C)(C)C)c(CC[C@@H]2O[C@H](C(=O)O)[C@@H](O)[C@H](O)[C@H]2O)c1)C(C)C. The molecule has 9 atom stereocenters. The highest BCUT2D eigenvalue weighted by Crippen LogP contribution is 2.29. The number of nitrogens with zero attached hydrogens (tertiary/aromatic N) is 2. The lowest BCUT2D eigenvalue weighted by molar-refractivity contribution is -0.228. The smallest absolute Gasteiger partial charge is 0.335 e. The highest BCUT2D eigenvalue weighted by Gasteiger charge is 2.48. The Labute approximate surface area is 411 Å². The number of benzene rings is 1. The minimum absolute atomic E-state index is 0.0274. The van der Waals surface area contributed by atoms with Crippen molar-refractivity contribution in [2.75, 3.05) is 58.6 Å². The van der Waals surface area contributed by atoms with E-state index in [1.54, 1.807) is 53.9 Å². The van der Waals surface area contributed by atoms with Crippen molar-refractivity contribution >= 4 is 59.0 Å². The molecule has 1 aromatic rings. The molecule has 3 heterocycles. The van der Waals surface area contributed by atoms with Gasteiger partial charge in [0.2, 0.25) is 29.5 Å². The number of hydrogen-bond donors (Lipinski definition) is 8. The van der Waals surface area contributed by atoms with E-state index in [2.05, 4.69) is 21.3 Å². The molecule has 2 saturated heterocycles. The topological polar surface area (TPSA) is 335 Å². The lowest BCUT2D eigenvalue weighted by atomic mass is 9.91. The maximum Gasteiger partial charge on any atom is 0.335 e. The molecule has 4 rings (SSSR count). The van der Waals surface area contributed by atoms with Crippen LogP contribution in [0.15, 0.2) is 30.4 Å². The van der Waals surface area contributed by atoms with Gasteiger partial charge in [0.1, 0.15) is 43.0 Å². The van der Waals surface area contributed by atoms with E-state index in [-0.39, 0.29) is 57.7 Å². The first-order valence-electron chi connectivity index (χ1n) is 23.3. The van der Waals surface area contributed by atoms with Gasteiger partial charge in [-0.15, -0.1) is 0 Å². The Balaban J connectivity index is 1.40. The first-order valence-corrected chi connectivity index (χ1v) is 23.3. The van der Waals surface area contributed by atoms with Gasteiger partial charge in [-0.05, 0) is 76.1 Å². The fourth-order valence-electron chi connectivity index (χ4n) is 7.80. The Morgan fingerprint density at radius 2 is 1.48 bits per heavy atom. The van der Waals surface area contributed by atoms with Crippen LogP contribution >= 0.6 is 0 Å². The summed E-state index contributed by atoms with van der Waals surface area (Å²) in [5.74, 6) is -7.34. The number of aliphatic hydroxyl groups is 3. The number of likely N-dealkylation sites (tertiary alicyclic amines) is 1. The highest BCUT2D eigenvalue weighted by atomic mass is 16.6. The monoisotopic (exact) mass is 1000 g/mol. The molecule has 0 aromatic heterocycles. The number of carbonyl (C=O) groups is 9. The van der Waals surface area contributed by atoms with E-state index in [1.807, 2.05) is 0 Å². The van der Waals surface area contributed by atoms with Crippen molar-refractivity contribution in [2.24, 2.45) is 11.3 Å². The van der Waals surface area contributed by atoms with E-state index < -0.39 is 126 Å². The Kier molecular flexibility index (Phi) is 21.6. The van der Waals surface area contributed by atoms with E-state index in [4.69, 9.17) is 23.7 Å². The van der Waals surface area contributed by atoms with Crippen LogP contribution in [0.2, 0.25) is 0 Å². The van der Waals surface area contributed by atoms with Crippen LogP contribution in [-0.2, 0) is 79.9 Å². The van der Waals surface area contributed by atoms with E-state index in [9.17, 15) is 63.6 Å². The number of anilines is 1. The summed E-state index contributed by atoms with van der Waals surface area (Å²) in [4.78, 5) is 119. The number of rotatable bonds is 26. The van der Waals surface area contributed by atoms with Gasteiger partial charge in [0.05, 0.1) is 57.1 Å². The molecule has 24 nitrogen and oxygen atoms in total. The van der Waals surface area contributed by atoms with Gasteiger partial charge >= 0.3 is 11.9 Å². The van der Waals surface area contributed by atoms with Gasteiger partial charge in [0.15, 0.2) is 6.10 Å². The highest BCUT2D eigenvalue weighted by molar-refractivity contribution is 6.15. The van der Waals surface area contributed by atoms with Crippen molar-refractivity contribution in [3.05, 3.63) is 41.5 Å². The van der Waals surface area contributed by atoms with Crippen LogP contribution in [-0.4, -0.2) is 191 Å². The summed E-state index contributed by atoms with van der Waals surface area (Å²) in [6, 6.07) is 0.146. The largest absolute Gasteiger partial charge is 0.479 e. The summed E-state index contributed by atoms with van der Waals surface area (Å²) in [7, 11) is 1.55. The first kappa shape index (κ1) is 57.7. The molecule has 394 valence electrons. The molecule has 0 aliphatic carbocycles. The zero-order chi connectivity index (χ0) is 52.7. The third-order valence-electron chi connectivity index (χ3n) is 11.9. The summed E-state index contributed by atoms with van der Waals surface area (Å²) in [6.45, 7) is 10.2. The summed E-state index contributed by atoms with van der Waals surface area (Å²) < 4.78 is 26.6. The molecule has 1 aromatic carbocycles. The molecule has 8 N–H and O–H groups in total. The molecule has 3 aliphatic heterocycles. The van der Waals surface area contributed by atoms with Crippen LogP contribution in [0.1, 0.15) is 71.9 Å². The lowest BCUT2D eigenvalue weighted by Crippen LogP contribution is -2.59. The van der Waals surface area contributed by atoms with Crippen molar-refractivity contribution in [3.63, 3.8) is 0 Å². The van der Waals surface area contributed by atoms with Crippen molar-refractivity contribution in [1.29, 1.82) is 0 Å². The van der Waals surface area contributed by atoms with Gasteiger partial charge in [-0.2, -0.15) is 0 Å². The van der Waals surface area contributed by atoms with Crippen LogP contribution in [0, 0.1) is 11.3 Å². The zero-order valence-electron chi connectivity index (χ0n) is 41.0. The van der Waals surface area contributed by atoms with Gasteiger partial charge in [-0.3, -0.25) is 43.3 Å². The average molecular weight is 1010 g/mol. The number of hydrogen-bond acceptors (Lipinski definition) is 17. The average Bonchev–Trinajstić information content (AvgIpc) is 3.80. The molecule has 2 fully saturated rings. The normalized spacial score (nSPS) is 23.1. The molecule has 3 aliphatic rings. The zero-order valence-corrected chi connectivity index (χ0v) is 41.0. The number of carbonyl (C=O) groups excluding carboxylic acids is 8. The Morgan fingerprint density at radius 3 is 2.10 bits per heavy atom. The van der Waals surface area contributed by atoms with Gasteiger partial charge < -0.3 is 70.3 Å². The summed E-state index contributed by atoms with van der Waals surface area (Å²) in [5, 5.41) is 51.2. The van der Waals surface area contributed by atoms with E-state index in [1.165, 1.54) is 13.0 Å². The van der Waals surface area contributed by atoms with Crippen molar-refractivity contribution in [3.8, 4) is 0 Å².